The number of thiophene rings is 2. The number of hydrogen-bond donors (Lipinski definition) is 3. The average Bonchev–Trinajstić information content (AvgIpc) is 3.41. The van der Waals surface area contributed by atoms with Crippen molar-refractivity contribution in [1.29, 1.82) is 0 Å². The highest BCUT2D eigenvalue weighted by Gasteiger charge is 2.09. The van der Waals surface area contributed by atoms with E-state index in [2.05, 4.69) is 10.3 Å². The van der Waals surface area contributed by atoms with Crippen molar-refractivity contribution in [2.24, 2.45) is 0 Å². The lowest BCUT2D eigenvalue weighted by atomic mass is 10.2. The number of carbonyl (C=O) groups is 2. The van der Waals surface area contributed by atoms with E-state index in [0.29, 0.717) is 16.4 Å². The lowest BCUT2D eigenvalue weighted by molar-refractivity contribution is -0.120. The zero-order chi connectivity index (χ0) is 20.6. The number of rotatable bonds is 5. The molecule has 0 saturated carbocycles. The van der Waals surface area contributed by atoms with Crippen LogP contribution in [0.15, 0.2) is 60.8 Å². The third-order valence-corrected chi connectivity index (χ3v) is 5.91. The van der Waals surface area contributed by atoms with E-state index in [1.165, 1.54) is 22.7 Å². The molecule has 0 aliphatic carbocycles. The minimum Gasteiger partial charge on any atom is -0.418 e. The Morgan fingerprint density at radius 1 is 1.14 bits per heavy atom. The Morgan fingerprint density at radius 2 is 2.00 bits per heavy atom. The van der Waals surface area contributed by atoms with Crippen LogP contribution in [0.5, 0.6) is 5.06 Å². The summed E-state index contributed by atoms with van der Waals surface area (Å²) in [6, 6.07) is 16.9. The number of nitrogens with zero attached hydrogens (tertiary/aromatic N) is 1. The van der Waals surface area contributed by atoms with E-state index < -0.39 is 5.91 Å². The van der Waals surface area contributed by atoms with Crippen LogP contribution in [0.4, 0.5) is 5.69 Å². The molecule has 1 amide bonds. The smallest absolute Gasteiger partial charge is 0.299 e. The van der Waals surface area contributed by atoms with Crippen molar-refractivity contribution < 1.29 is 19.5 Å². The molecule has 0 bridgehead atoms. The number of amides is 1. The van der Waals surface area contributed by atoms with Gasteiger partial charge in [0.2, 0.25) is 0 Å². The summed E-state index contributed by atoms with van der Waals surface area (Å²) in [5.74, 6) is -0.470. The van der Waals surface area contributed by atoms with Gasteiger partial charge < -0.3 is 10.1 Å². The molecule has 0 fully saturated rings. The van der Waals surface area contributed by atoms with Gasteiger partial charge in [-0.2, -0.15) is 0 Å². The molecular formula is C20H17N3O4S2. The first-order valence-corrected chi connectivity index (χ1v) is 10.0. The summed E-state index contributed by atoms with van der Waals surface area (Å²) < 4.78 is 5.74. The van der Waals surface area contributed by atoms with Gasteiger partial charge in [-0.3, -0.25) is 19.8 Å². The van der Waals surface area contributed by atoms with Crippen LogP contribution in [-0.2, 0) is 4.79 Å². The fourth-order valence-electron chi connectivity index (χ4n) is 2.44. The molecule has 4 aromatic rings. The van der Waals surface area contributed by atoms with Crippen LogP contribution < -0.4 is 15.5 Å². The van der Waals surface area contributed by atoms with Crippen molar-refractivity contribution in [3.63, 3.8) is 0 Å². The van der Waals surface area contributed by atoms with Gasteiger partial charge in [-0.15, -0.1) is 11.3 Å². The second kappa shape index (κ2) is 9.78. The molecule has 1 aromatic carbocycles. The molecule has 0 saturated heterocycles. The first kappa shape index (κ1) is 20.5. The summed E-state index contributed by atoms with van der Waals surface area (Å²) >= 11 is 2.74. The van der Waals surface area contributed by atoms with Gasteiger partial charge >= 0.3 is 0 Å². The van der Waals surface area contributed by atoms with E-state index >= 15 is 0 Å². The summed E-state index contributed by atoms with van der Waals surface area (Å²) in [7, 11) is 1.84. The number of benzene rings is 1. The van der Waals surface area contributed by atoms with Crippen molar-refractivity contribution >= 4 is 50.8 Å². The molecule has 0 aliphatic rings. The van der Waals surface area contributed by atoms with Crippen molar-refractivity contribution in [3.8, 4) is 15.6 Å². The zero-order valence-electron chi connectivity index (χ0n) is 15.3. The van der Waals surface area contributed by atoms with Gasteiger partial charge in [-0.1, -0.05) is 17.4 Å². The number of fused-ring (bicyclic) bond motifs is 1. The number of hydrogen-bond acceptors (Lipinski definition) is 8. The van der Waals surface area contributed by atoms with Crippen molar-refractivity contribution in [1.82, 2.24) is 10.5 Å². The minimum absolute atomic E-state index is 0.425. The van der Waals surface area contributed by atoms with Crippen LogP contribution in [0, 0.1) is 0 Å². The zero-order valence-corrected chi connectivity index (χ0v) is 16.9. The maximum absolute atomic E-state index is 11.2. The highest BCUT2D eigenvalue weighted by Crippen LogP contribution is 2.31. The molecule has 0 atom stereocenters. The first-order chi connectivity index (χ1) is 14.1. The highest BCUT2D eigenvalue weighted by atomic mass is 32.1. The summed E-state index contributed by atoms with van der Waals surface area (Å²) in [5, 5.41) is 13.1. The van der Waals surface area contributed by atoms with Crippen molar-refractivity contribution in [2.45, 2.75) is 0 Å². The molecule has 0 unspecified atom stereocenters. The molecule has 0 aliphatic heterocycles. The third-order valence-electron chi connectivity index (χ3n) is 3.79. The standard InChI is InChI=1S/C10H10N2O2S.C10H7NO2S/c1-11-7-2-3-8-6(4-7)5-9(15-8)10(13)12-14;12-7-13-10-5-4-9(14-10)8-3-1-2-6-11-8/h2-5,11,14H,1H3,(H,12,13);1-7H. The highest BCUT2D eigenvalue weighted by molar-refractivity contribution is 7.20. The fraction of sp³-hybridized carbons (Fsp3) is 0.0500. The average molecular weight is 428 g/mol. The maximum atomic E-state index is 11.2. The van der Waals surface area contributed by atoms with Gasteiger partial charge in [0.1, 0.15) is 0 Å². The van der Waals surface area contributed by atoms with E-state index in [-0.39, 0.29) is 0 Å². The topological polar surface area (TPSA) is 101 Å². The van der Waals surface area contributed by atoms with Crippen LogP contribution >= 0.6 is 22.7 Å². The lowest BCUT2D eigenvalue weighted by Crippen LogP contribution is -2.16. The van der Waals surface area contributed by atoms with E-state index in [0.717, 1.165) is 26.3 Å². The second-order valence-electron chi connectivity index (χ2n) is 5.60. The normalized spacial score (nSPS) is 10.0. The Hall–Kier alpha value is -3.27. The van der Waals surface area contributed by atoms with Crippen LogP contribution in [0.2, 0.25) is 0 Å². The number of hydroxylamine groups is 1. The number of nitrogens with one attached hydrogen (secondary N) is 2. The molecule has 7 nitrogen and oxygen atoms in total. The SMILES string of the molecule is CNc1ccc2sc(C(=O)NO)cc2c1.O=COc1ccc(-c2ccccn2)s1. The van der Waals surface area contributed by atoms with Crippen LogP contribution in [0.25, 0.3) is 20.7 Å². The van der Waals surface area contributed by atoms with Gasteiger partial charge in [-0.25, -0.2) is 5.48 Å². The molecule has 9 heteroatoms. The number of anilines is 1. The molecule has 0 spiro atoms. The molecule has 0 radical (unpaired) electrons. The number of carbonyl (C=O) groups excluding carboxylic acids is 2. The van der Waals surface area contributed by atoms with Gasteiger partial charge in [0, 0.05) is 23.6 Å². The van der Waals surface area contributed by atoms with Crippen molar-refractivity contribution in [3.05, 3.63) is 65.7 Å². The molecule has 148 valence electrons. The Balaban J connectivity index is 0.000000166. The van der Waals surface area contributed by atoms with Crippen LogP contribution in [-0.4, -0.2) is 29.6 Å². The summed E-state index contributed by atoms with van der Waals surface area (Å²) in [6.45, 7) is 0.425. The predicted molar refractivity (Wildman–Crippen MR) is 115 cm³/mol. The fourth-order valence-corrected chi connectivity index (χ4v) is 4.18. The van der Waals surface area contributed by atoms with Gasteiger partial charge in [0.05, 0.1) is 15.4 Å². The van der Waals surface area contributed by atoms with Crippen molar-refractivity contribution in [2.75, 3.05) is 12.4 Å². The number of pyridine rings is 1. The first-order valence-electron chi connectivity index (χ1n) is 8.42. The second-order valence-corrected chi connectivity index (χ2v) is 7.73. The number of aromatic nitrogens is 1. The maximum Gasteiger partial charge on any atom is 0.299 e. The largest absolute Gasteiger partial charge is 0.418 e. The minimum atomic E-state index is -0.470. The van der Waals surface area contributed by atoms with Crippen LogP contribution in [0.1, 0.15) is 9.67 Å². The Bertz CT molecular complexity index is 1110. The summed E-state index contributed by atoms with van der Waals surface area (Å²) in [5.41, 5.74) is 3.51. The van der Waals surface area contributed by atoms with E-state index in [4.69, 9.17) is 9.94 Å². The van der Waals surface area contributed by atoms with Gasteiger partial charge in [-0.05, 0) is 53.9 Å². The predicted octanol–water partition coefficient (Wildman–Crippen LogP) is 4.41. The monoisotopic (exact) mass is 427 g/mol. The third kappa shape index (κ3) is 5.17. The Labute approximate surface area is 174 Å². The number of ether oxygens (including phenoxy) is 1. The lowest BCUT2D eigenvalue weighted by Gasteiger charge is -1.97. The summed E-state index contributed by atoms with van der Waals surface area (Å²) in [4.78, 5) is 26.9. The summed E-state index contributed by atoms with van der Waals surface area (Å²) in [6.07, 6.45) is 1.73. The molecule has 4 rings (SSSR count). The van der Waals surface area contributed by atoms with E-state index in [9.17, 15) is 9.59 Å². The molecule has 29 heavy (non-hydrogen) atoms. The Morgan fingerprint density at radius 3 is 2.69 bits per heavy atom. The Kier molecular flexibility index (Phi) is 6.90. The molecular weight excluding hydrogens is 410 g/mol. The van der Waals surface area contributed by atoms with E-state index in [1.807, 2.05) is 49.5 Å². The van der Waals surface area contributed by atoms with Gasteiger partial charge in [0.15, 0.2) is 5.06 Å². The quantitative estimate of drug-likeness (QED) is 0.248. The molecule has 3 heterocycles. The van der Waals surface area contributed by atoms with Gasteiger partial charge in [0.25, 0.3) is 12.4 Å². The molecule has 3 N–H and O–H groups in total. The van der Waals surface area contributed by atoms with E-state index in [1.54, 1.807) is 23.8 Å². The van der Waals surface area contributed by atoms with Crippen LogP contribution in [0.3, 0.4) is 0 Å². The molecule has 3 aromatic heterocycles.